The Labute approximate surface area is 125 Å². The molecule has 0 saturated carbocycles. The first-order chi connectivity index (χ1) is 8.92. The summed E-state index contributed by atoms with van der Waals surface area (Å²) >= 11 is 9.13. The average molecular weight is 349 g/mol. The van der Waals surface area contributed by atoms with Crippen LogP contribution in [-0.4, -0.2) is 23.5 Å². The van der Waals surface area contributed by atoms with Crippen molar-refractivity contribution < 1.29 is 14.7 Å². The molecule has 0 aliphatic carbocycles. The third kappa shape index (κ3) is 5.61. The van der Waals surface area contributed by atoms with E-state index in [9.17, 15) is 9.59 Å². The maximum absolute atomic E-state index is 11.9. The van der Waals surface area contributed by atoms with E-state index in [1.807, 2.05) is 6.92 Å². The number of aliphatic carboxylic acids is 1. The van der Waals surface area contributed by atoms with Gasteiger partial charge < -0.3 is 10.4 Å². The second kappa shape index (κ2) is 7.50. The molecule has 0 saturated heterocycles. The van der Waals surface area contributed by atoms with Gasteiger partial charge >= 0.3 is 5.97 Å². The lowest BCUT2D eigenvalue weighted by Gasteiger charge is -2.13. The molecule has 0 aromatic heterocycles. The lowest BCUT2D eigenvalue weighted by Crippen LogP contribution is -2.30. The van der Waals surface area contributed by atoms with E-state index >= 15 is 0 Å². The molecule has 0 heterocycles. The van der Waals surface area contributed by atoms with Gasteiger partial charge in [0.15, 0.2) is 0 Å². The maximum atomic E-state index is 11.9. The largest absolute Gasteiger partial charge is 0.481 e. The van der Waals surface area contributed by atoms with Gasteiger partial charge in [-0.25, -0.2) is 0 Å². The van der Waals surface area contributed by atoms with Crippen molar-refractivity contribution in [3.63, 3.8) is 0 Å². The summed E-state index contributed by atoms with van der Waals surface area (Å²) < 4.78 is 0.725. The predicted molar refractivity (Wildman–Crippen MR) is 77.5 cm³/mol. The number of rotatable bonds is 6. The molecule has 2 N–H and O–H groups in total. The Kier molecular flexibility index (Phi) is 6.31. The summed E-state index contributed by atoms with van der Waals surface area (Å²) in [5.74, 6) is -1.18. The van der Waals surface area contributed by atoms with Crippen LogP contribution in [-0.2, 0) is 4.79 Å². The van der Waals surface area contributed by atoms with Gasteiger partial charge in [-0.05, 0) is 24.1 Å². The van der Waals surface area contributed by atoms with Crippen molar-refractivity contribution in [3.05, 3.63) is 33.3 Å². The fourth-order valence-electron chi connectivity index (χ4n) is 1.63. The molecule has 0 fully saturated rings. The first-order valence-corrected chi connectivity index (χ1v) is 7.05. The van der Waals surface area contributed by atoms with Crippen molar-refractivity contribution in [2.75, 3.05) is 6.54 Å². The van der Waals surface area contributed by atoms with E-state index in [1.165, 1.54) is 0 Å². The quantitative estimate of drug-likeness (QED) is 0.828. The average Bonchev–Trinajstić information content (AvgIpc) is 2.32. The molecule has 4 nitrogen and oxygen atoms in total. The van der Waals surface area contributed by atoms with Crippen LogP contribution in [0, 0.1) is 5.92 Å². The molecule has 19 heavy (non-hydrogen) atoms. The van der Waals surface area contributed by atoms with Gasteiger partial charge in [0.05, 0.1) is 0 Å². The molecule has 0 aliphatic rings. The number of halogens is 2. The molecule has 0 radical (unpaired) electrons. The molecule has 104 valence electrons. The third-order valence-electron chi connectivity index (χ3n) is 2.72. The van der Waals surface area contributed by atoms with Crippen LogP contribution in [0.2, 0.25) is 5.02 Å². The van der Waals surface area contributed by atoms with Gasteiger partial charge in [0.1, 0.15) is 0 Å². The van der Waals surface area contributed by atoms with Crippen LogP contribution in [0.15, 0.2) is 22.7 Å². The monoisotopic (exact) mass is 347 g/mol. The van der Waals surface area contributed by atoms with Gasteiger partial charge in [-0.15, -0.1) is 0 Å². The standard InChI is InChI=1S/C13H15BrClNO3/c1-2-8(3-12(17)18)7-16-13(19)9-4-10(14)6-11(15)5-9/h4-6,8H,2-3,7H2,1H3,(H,16,19)(H,17,18). The van der Waals surface area contributed by atoms with Crippen molar-refractivity contribution in [1.29, 1.82) is 0 Å². The minimum Gasteiger partial charge on any atom is -0.481 e. The Bertz CT molecular complexity index is 459. The summed E-state index contributed by atoms with van der Waals surface area (Å²) in [5, 5.41) is 11.9. The van der Waals surface area contributed by atoms with Crippen LogP contribution >= 0.6 is 27.5 Å². The van der Waals surface area contributed by atoms with E-state index in [0.29, 0.717) is 23.6 Å². The SMILES string of the molecule is CCC(CNC(=O)c1cc(Cl)cc(Br)c1)CC(=O)O. The number of carbonyl (C=O) groups is 2. The Morgan fingerprint density at radius 1 is 1.42 bits per heavy atom. The fraction of sp³-hybridized carbons (Fsp3) is 0.385. The Morgan fingerprint density at radius 3 is 2.63 bits per heavy atom. The lowest BCUT2D eigenvalue weighted by atomic mass is 10.0. The molecule has 1 aromatic carbocycles. The zero-order chi connectivity index (χ0) is 14.4. The molecule has 0 bridgehead atoms. The van der Waals surface area contributed by atoms with Crippen LogP contribution in [0.5, 0.6) is 0 Å². The predicted octanol–water partition coefficient (Wildman–Crippen LogP) is 3.33. The number of carboxylic acids is 1. The van der Waals surface area contributed by atoms with E-state index in [2.05, 4.69) is 21.2 Å². The van der Waals surface area contributed by atoms with Crippen molar-refractivity contribution in [2.45, 2.75) is 19.8 Å². The first-order valence-electron chi connectivity index (χ1n) is 5.88. The van der Waals surface area contributed by atoms with Gasteiger partial charge in [-0.2, -0.15) is 0 Å². The van der Waals surface area contributed by atoms with Crippen molar-refractivity contribution in [3.8, 4) is 0 Å². The first kappa shape index (κ1) is 16.0. The summed E-state index contributed by atoms with van der Waals surface area (Å²) in [7, 11) is 0. The van der Waals surface area contributed by atoms with Crippen LogP contribution < -0.4 is 5.32 Å². The number of carboxylic acid groups (broad SMARTS) is 1. The summed E-state index contributed by atoms with van der Waals surface area (Å²) in [6.07, 6.45) is 0.752. The summed E-state index contributed by atoms with van der Waals surface area (Å²) in [6, 6.07) is 4.93. The molecule has 0 spiro atoms. The topological polar surface area (TPSA) is 66.4 Å². The molecular weight excluding hydrogens is 334 g/mol. The molecular formula is C13H15BrClNO3. The normalized spacial score (nSPS) is 11.9. The van der Waals surface area contributed by atoms with Crippen molar-refractivity contribution in [1.82, 2.24) is 5.32 Å². The molecule has 1 atom stereocenters. The zero-order valence-corrected chi connectivity index (χ0v) is 12.8. The maximum Gasteiger partial charge on any atom is 0.303 e. The van der Waals surface area contributed by atoms with Gasteiger partial charge in [0.2, 0.25) is 0 Å². The van der Waals surface area contributed by atoms with Gasteiger partial charge in [-0.3, -0.25) is 9.59 Å². The second-order valence-electron chi connectivity index (χ2n) is 4.24. The summed E-state index contributed by atoms with van der Waals surface area (Å²) in [6.45, 7) is 2.24. The van der Waals surface area contributed by atoms with Gasteiger partial charge in [0.25, 0.3) is 5.91 Å². The van der Waals surface area contributed by atoms with E-state index < -0.39 is 5.97 Å². The Morgan fingerprint density at radius 2 is 2.11 bits per heavy atom. The van der Waals surface area contributed by atoms with Crippen LogP contribution in [0.3, 0.4) is 0 Å². The number of carbonyl (C=O) groups excluding carboxylic acids is 1. The van der Waals surface area contributed by atoms with E-state index in [4.69, 9.17) is 16.7 Å². The molecule has 1 aromatic rings. The number of hydrogen-bond donors (Lipinski definition) is 2. The Balaban J connectivity index is 2.61. The van der Waals surface area contributed by atoms with Crippen LogP contribution in [0.4, 0.5) is 0 Å². The highest BCUT2D eigenvalue weighted by Gasteiger charge is 2.14. The highest BCUT2D eigenvalue weighted by molar-refractivity contribution is 9.10. The number of benzene rings is 1. The highest BCUT2D eigenvalue weighted by Crippen LogP contribution is 2.19. The molecule has 6 heteroatoms. The molecule has 0 aliphatic heterocycles. The van der Waals surface area contributed by atoms with Crippen LogP contribution in [0.1, 0.15) is 30.1 Å². The Hall–Kier alpha value is -1.07. The van der Waals surface area contributed by atoms with Crippen molar-refractivity contribution in [2.24, 2.45) is 5.92 Å². The zero-order valence-electron chi connectivity index (χ0n) is 10.5. The molecule has 1 amide bonds. The third-order valence-corrected chi connectivity index (χ3v) is 3.39. The highest BCUT2D eigenvalue weighted by atomic mass is 79.9. The smallest absolute Gasteiger partial charge is 0.303 e. The number of hydrogen-bond acceptors (Lipinski definition) is 2. The van der Waals surface area contributed by atoms with Gasteiger partial charge in [-0.1, -0.05) is 40.9 Å². The van der Waals surface area contributed by atoms with E-state index in [1.54, 1.807) is 18.2 Å². The minimum atomic E-state index is -0.855. The van der Waals surface area contributed by atoms with Crippen LogP contribution in [0.25, 0.3) is 0 Å². The minimum absolute atomic E-state index is 0.0516. The van der Waals surface area contributed by atoms with Crippen molar-refractivity contribution >= 4 is 39.4 Å². The number of nitrogens with one attached hydrogen (secondary N) is 1. The van der Waals surface area contributed by atoms with E-state index in [-0.39, 0.29) is 18.2 Å². The van der Waals surface area contributed by atoms with E-state index in [0.717, 1.165) is 4.47 Å². The molecule has 1 rings (SSSR count). The van der Waals surface area contributed by atoms with Gasteiger partial charge in [0, 0.05) is 28.0 Å². The second-order valence-corrected chi connectivity index (χ2v) is 5.59. The lowest BCUT2D eigenvalue weighted by molar-refractivity contribution is -0.138. The number of amides is 1. The molecule has 1 unspecified atom stereocenters. The fourth-order valence-corrected chi connectivity index (χ4v) is 2.49. The summed E-state index contributed by atoms with van der Waals surface area (Å²) in [4.78, 5) is 22.6. The summed E-state index contributed by atoms with van der Waals surface area (Å²) in [5.41, 5.74) is 0.449.